The Balaban J connectivity index is 2.74. The summed E-state index contributed by atoms with van der Waals surface area (Å²) in [6.07, 6.45) is 0.227. The number of ether oxygens (including phenoxy) is 2. The number of nitrogens with zero attached hydrogens (tertiary/aromatic N) is 1. The molecule has 94 valence electrons. The first-order valence-electron chi connectivity index (χ1n) is 4.79. The Morgan fingerprint density at radius 1 is 1.24 bits per heavy atom. The van der Waals surface area contributed by atoms with Gasteiger partial charge in [-0.15, -0.1) is 23.2 Å². The molecule has 0 amide bonds. The van der Waals surface area contributed by atoms with Crippen LogP contribution in [-0.4, -0.2) is 29.8 Å². The second-order valence-corrected chi connectivity index (χ2v) is 6.05. The van der Waals surface area contributed by atoms with Crippen LogP contribution in [0.1, 0.15) is 6.42 Å². The summed E-state index contributed by atoms with van der Waals surface area (Å²) in [6.45, 7) is 0. The van der Waals surface area contributed by atoms with Crippen LogP contribution >= 0.6 is 46.4 Å². The number of nitriles is 1. The van der Waals surface area contributed by atoms with Crippen LogP contribution in [0.25, 0.3) is 0 Å². The molecule has 3 nitrogen and oxygen atoms in total. The predicted molar refractivity (Wildman–Crippen MR) is 66.4 cm³/mol. The van der Waals surface area contributed by atoms with Crippen molar-refractivity contribution in [3.63, 3.8) is 0 Å². The number of methoxy groups -OCH3 is 2. The number of fused-ring (bicyclic) bond motifs is 2. The predicted octanol–water partition coefficient (Wildman–Crippen LogP) is 3.18. The highest BCUT2D eigenvalue weighted by Crippen LogP contribution is 2.71. The molecule has 2 aliphatic rings. The number of hydrogen-bond acceptors (Lipinski definition) is 3. The third kappa shape index (κ3) is 1.18. The van der Waals surface area contributed by atoms with E-state index in [1.165, 1.54) is 14.2 Å². The maximum absolute atomic E-state index is 9.17. The monoisotopic (exact) mass is 315 g/mol. The van der Waals surface area contributed by atoms with Crippen molar-refractivity contribution in [1.82, 2.24) is 0 Å². The molecule has 0 N–H and O–H groups in total. The summed E-state index contributed by atoms with van der Waals surface area (Å²) < 4.78 is 10.7. The van der Waals surface area contributed by atoms with Crippen molar-refractivity contribution < 1.29 is 9.47 Å². The molecule has 17 heavy (non-hydrogen) atoms. The van der Waals surface area contributed by atoms with Crippen LogP contribution < -0.4 is 0 Å². The number of rotatable bonds is 2. The van der Waals surface area contributed by atoms with Gasteiger partial charge in [0.25, 0.3) is 0 Å². The lowest BCUT2D eigenvalue weighted by molar-refractivity contribution is -0.217. The third-order valence-corrected chi connectivity index (χ3v) is 6.14. The zero-order valence-corrected chi connectivity index (χ0v) is 12.1. The average molecular weight is 317 g/mol. The number of hydrogen-bond donors (Lipinski definition) is 0. The molecule has 0 heterocycles. The molecule has 0 radical (unpaired) electrons. The van der Waals surface area contributed by atoms with Crippen LogP contribution in [0, 0.1) is 17.2 Å². The molecule has 3 atom stereocenters. The van der Waals surface area contributed by atoms with Gasteiger partial charge in [0.05, 0.1) is 22.1 Å². The SMILES string of the molecule is COC1(OC)[C@]2(Cl)C[C@@H](C#N)[C@@]1(Cl)C(Cl)=C2Cl. The normalized spacial score (nSPS) is 43.0. The van der Waals surface area contributed by atoms with Crippen molar-refractivity contribution in [2.75, 3.05) is 14.2 Å². The summed E-state index contributed by atoms with van der Waals surface area (Å²) in [6, 6.07) is 2.08. The van der Waals surface area contributed by atoms with E-state index in [-0.39, 0.29) is 16.5 Å². The van der Waals surface area contributed by atoms with E-state index in [0.29, 0.717) is 0 Å². The largest absolute Gasteiger partial charge is 0.350 e. The summed E-state index contributed by atoms with van der Waals surface area (Å²) >= 11 is 25.2. The minimum Gasteiger partial charge on any atom is -0.350 e. The summed E-state index contributed by atoms with van der Waals surface area (Å²) in [4.78, 5) is -2.59. The Hall–Kier alpha value is 0.310. The van der Waals surface area contributed by atoms with Gasteiger partial charge in [0.15, 0.2) is 4.87 Å². The fourth-order valence-corrected chi connectivity index (χ4v) is 4.78. The molecule has 0 aromatic carbocycles. The van der Waals surface area contributed by atoms with Crippen LogP contribution in [0.15, 0.2) is 10.1 Å². The van der Waals surface area contributed by atoms with Gasteiger partial charge >= 0.3 is 0 Å². The Labute approximate surface area is 119 Å². The molecule has 0 aromatic rings. The Morgan fingerprint density at radius 3 is 2.12 bits per heavy atom. The maximum atomic E-state index is 9.17. The molecule has 2 bridgehead atoms. The molecule has 0 aromatic heterocycles. The van der Waals surface area contributed by atoms with Gasteiger partial charge in [-0.2, -0.15) is 5.26 Å². The molecule has 2 aliphatic carbocycles. The molecule has 1 fully saturated rings. The highest BCUT2D eigenvalue weighted by molar-refractivity contribution is 6.52. The molecule has 7 heteroatoms. The van der Waals surface area contributed by atoms with Gasteiger partial charge in [0.2, 0.25) is 5.79 Å². The Bertz CT molecular complexity index is 442. The lowest BCUT2D eigenvalue weighted by Gasteiger charge is -2.40. The lowest BCUT2D eigenvalue weighted by atomic mass is 9.93. The van der Waals surface area contributed by atoms with Crippen LogP contribution in [0.5, 0.6) is 0 Å². The van der Waals surface area contributed by atoms with Crippen molar-refractivity contribution in [3.05, 3.63) is 10.1 Å². The highest BCUT2D eigenvalue weighted by Gasteiger charge is 2.81. The Morgan fingerprint density at radius 2 is 1.76 bits per heavy atom. The van der Waals surface area contributed by atoms with E-state index in [9.17, 15) is 0 Å². The van der Waals surface area contributed by atoms with E-state index in [1.54, 1.807) is 0 Å². The van der Waals surface area contributed by atoms with E-state index in [1.807, 2.05) is 0 Å². The molecule has 0 spiro atoms. The lowest BCUT2D eigenvalue weighted by Crippen LogP contribution is -2.56. The molecule has 0 unspecified atom stereocenters. The van der Waals surface area contributed by atoms with Crippen molar-refractivity contribution in [3.8, 4) is 6.07 Å². The topological polar surface area (TPSA) is 42.2 Å². The fourth-order valence-electron chi connectivity index (χ4n) is 2.78. The van der Waals surface area contributed by atoms with E-state index < -0.39 is 21.5 Å². The molecule has 0 saturated heterocycles. The van der Waals surface area contributed by atoms with Crippen molar-refractivity contribution in [1.29, 1.82) is 5.26 Å². The standard InChI is InChI=1S/C10H9Cl4NO2/c1-16-10(17-2)8(13)3-5(4-15)9(10,14)7(12)6(8)11/h5H,3H2,1-2H3/t5-,8-,9+/m0/s1. The minimum absolute atomic E-state index is 0.123. The van der Waals surface area contributed by atoms with E-state index in [4.69, 9.17) is 61.1 Å². The maximum Gasteiger partial charge on any atom is 0.218 e. The number of alkyl halides is 2. The van der Waals surface area contributed by atoms with Gasteiger partial charge in [-0.25, -0.2) is 0 Å². The minimum atomic E-state index is -1.43. The molecule has 2 rings (SSSR count). The molecule has 0 aliphatic heterocycles. The van der Waals surface area contributed by atoms with E-state index >= 15 is 0 Å². The number of halogens is 4. The zero-order valence-electron chi connectivity index (χ0n) is 9.06. The van der Waals surface area contributed by atoms with Gasteiger partial charge in [0, 0.05) is 14.2 Å². The van der Waals surface area contributed by atoms with Gasteiger partial charge < -0.3 is 9.47 Å². The molecular formula is C10H9Cl4NO2. The van der Waals surface area contributed by atoms with Gasteiger partial charge in [-0.05, 0) is 6.42 Å². The Kier molecular flexibility index (Phi) is 3.15. The first-order chi connectivity index (χ1) is 7.85. The van der Waals surface area contributed by atoms with Crippen LogP contribution in [-0.2, 0) is 9.47 Å². The van der Waals surface area contributed by atoms with E-state index in [0.717, 1.165) is 0 Å². The zero-order chi connectivity index (χ0) is 13.1. The van der Waals surface area contributed by atoms with Crippen LogP contribution in [0.3, 0.4) is 0 Å². The quantitative estimate of drug-likeness (QED) is 0.580. The summed E-state index contributed by atoms with van der Waals surface area (Å²) in [7, 11) is 2.80. The van der Waals surface area contributed by atoms with Gasteiger partial charge in [-0.1, -0.05) is 23.2 Å². The summed E-state index contributed by atoms with van der Waals surface area (Å²) in [5.74, 6) is -2.06. The summed E-state index contributed by atoms with van der Waals surface area (Å²) in [5, 5.41) is 9.48. The van der Waals surface area contributed by atoms with E-state index in [2.05, 4.69) is 6.07 Å². The van der Waals surface area contributed by atoms with Crippen molar-refractivity contribution in [2.45, 2.75) is 22.0 Å². The van der Waals surface area contributed by atoms with Gasteiger partial charge in [0.1, 0.15) is 4.87 Å². The average Bonchev–Trinajstić information content (AvgIpc) is 2.60. The highest BCUT2D eigenvalue weighted by atomic mass is 35.5. The second kappa shape index (κ2) is 3.90. The second-order valence-electron chi connectivity index (χ2n) is 4.05. The smallest absolute Gasteiger partial charge is 0.218 e. The van der Waals surface area contributed by atoms with Gasteiger partial charge in [-0.3, -0.25) is 0 Å². The molecule has 1 saturated carbocycles. The summed E-state index contributed by atoms with van der Waals surface area (Å²) in [5.41, 5.74) is 0. The first kappa shape index (κ1) is 13.7. The third-order valence-electron chi connectivity index (χ3n) is 3.56. The van der Waals surface area contributed by atoms with Crippen molar-refractivity contribution >= 4 is 46.4 Å². The first-order valence-corrected chi connectivity index (χ1v) is 6.31. The molecular weight excluding hydrogens is 308 g/mol. The van der Waals surface area contributed by atoms with Crippen LogP contribution in [0.4, 0.5) is 0 Å². The van der Waals surface area contributed by atoms with Crippen LogP contribution in [0.2, 0.25) is 0 Å². The van der Waals surface area contributed by atoms with Crippen molar-refractivity contribution in [2.24, 2.45) is 5.92 Å². The fraction of sp³-hybridized carbons (Fsp3) is 0.700.